The Hall–Kier alpha value is -2.14. The van der Waals surface area contributed by atoms with Gasteiger partial charge in [-0.25, -0.2) is 0 Å². The molecule has 0 radical (unpaired) electrons. The number of carbonyl (C=O) groups is 2. The minimum atomic E-state index is -4.33. The Balaban J connectivity index is 1.44. The van der Waals surface area contributed by atoms with Crippen LogP contribution in [0.1, 0.15) is 64.5 Å². The Bertz CT molecular complexity index is 1400. The summed E-state index contributed by atoms with van der Waals surface area (Å²) >= 11 is 0. The van der Waals surface area contributed by atoms with Crippen molar-refractivity contribution in [1.29, 1.82) is 0 Å². The summed E-state index contributed by atoms with van der Waals surface area (Å²) in [4.78, 5) is 26.9. The fourth-order valence-electron chi connectivity index (χ4n) is 8.23. The van der Waals surface area contributed by atoms with Gasteiger partial charge in [0, 0.05) is 11.1 Å². The highest BCUT2D eigenvalue weighted by molar-refractivity contribution is 7.86. The molecule has 1 aromatic carbocycles. The molecule has 38 heavy (non-hydrogen) atoms. The van der Waals surface area contributed by atoms with Crippen LogP contribution in [-0.2, 0) is 29.8 Å². The van der Waals surface area contributed by atoms with E-state index < -0.39 is 53.4 Å². The van der Waals surface area contributed by atoms with Gasteiger partial charge in [-0.3, -0.25) is 18.7 Å². The zero-order valence-electron chi connectivity index (χ0n) is 22.0. The SMILES string of the molecule is CC1(C)C2CCC1(CS(=O)(=O)O)C(=O)C2=Cc1ccc(/C=C2/C(=O)C3(CS(=O)(=O)O)CCC2C3(C)C)cc1. The number of rotatable bonds is 6. The second-order valence-corrected chi connectivity index (χ2v) is 15.7. The highest BCUT2D eigenvalue weighted by Gasteiger charge is 2.68. The predicted octanol–water partition coefficient (Wildman–Crippen LogP) is 4.24. The quantitative estimate of drug-likeness (QED) is 0.387. The molecular formula is C28H34O8S2. The van der Waals surface area contributed by atoms with E-state index in [4.69, 9.17) is 0 Å². The molecular weight excluding hydrogens is 528 g/mol. The molecule has 0 spiro atoms. The van der Waals surface area contributed by atoms with Crippen molar-refractivity contribution in [3.05, 3.63) is 46.5 Å². The first-order valence-electron chi connectivity index (χ1n) is 12.9. The number of hydrogen-bond acceptors (Lipinski definition) is 6. The van der Waals surface area contributed by atoms with E-state index in [-0.39, 0.29) is 23.4 Å². The van der Waals surface area contributed by atoms with Crippen molar-refractivity contribution in [2.24, 2.45) is 33.5 Å². The van der Waals surface area contributed by atoms with Gasteiger partial charge < -0.3 is 0 Å². The first kappa shape index (κ1) is 27.4. The summed E-state index contributed by atoms with van der Waals surface area (Å²) in [5, 5.41) is 0. The van der Waals surface area contributed by atoms with E-state index in [9.17, 15) is 35.5 Å². The zero-order valence-corrected chi connectivity index (χ0v) is 23.7. The van der Waals surface area contributed by atoms with Gasteiger partial charge in [0.25, 0.3) is 20.2 Å². The number of Topliss-reactive ketones (excluding diaryl/α,β-unsaturated/α-hetero) is 2. The summed E-state index contributed by atoms with van der Waals surface area (Å²) in [6, 6.07) is 7.33. The highest BCUT2D eigenvalue weighted by atomic mass is 32.2. The molecule has 0 heterocycles. The molecule has 0 saturated heterocycles. The molecule has 8 nitrogen and oxygen atoms in total. The van der Waals surface area contributed by atoms with Crippen LogP contribution < -0.4 is 0 Å². The van der Waals surface area contributed by atoms with Crippen LogP contribution in [0.3, 0.4) is 0 Å². The molecule has 4 fully saturated rings. The van der Waals surface area contributed by atoms with Crippen LogP contribution in [0.2, 0.25) is 0 Å². The third kappa shape index (κ3) is 3.82. The number of benzene rings is 1. The van der Waals surface area contributed by atoms with E-state index in [0.29, 0.717) is 36.8 Å². The van der Waals surface area contributed by atoms with Crippen LogP contribution in [0.15, 0.2) is 35.4 Å². The van der Waals surface area contributed by atoms with Crippen LogP contribution >= 0.6 is 0 Å². The summed E-state index contributed by atoms with van der Waals surface area (Å²) in [5.74, 6) is -1.80. The van der Waals surface area contributed by atoms with Gasteiger partial charge >= 0.3 is 0 Å². The van der Waals surface area contributed by atoms with E-state index >= 15 is 0 Å². The lowest BCUT2D eigenvalue weighted by Crippen LogP contribution is -2.42. The van der Waals surface area contributed by atoms with Gasteiger partial charge in [-0.1, -0.05) is 52.0 Å². The molecule has 4 saturated carbocycles. The predicted molar refractivity (Wildman–Crippen MR) is 143 cm³/mol. The minimum absolute atomic E-state index is 0.105. The normalized spacial score (nSPS) is 35.6. The Labute approximate surface area is 224 Å². The highest BCUT2D eigenvalue weighted by Crippen LogP contribution is 2.67. The summed E-state index contributed by atoms with van der Waals surface area (Å²) in [7, 11) is -8.66. The van der Waals surface area contributed by atoms with E-state index in [1.807, 2.05) is 52.0 Å². The molecule has 0 aromatic heterocycles. The summed E-state index contributed by atoms with van der Waals surface area (Å²) in [6.07, 6.45) is 5.80. The molecule has 0 aliphatic heterocycles. The minimum Gasteiger partial charge on any atom is -0.294 e. The smallest absolute Gasteiger partial charge is 0.265 e. The summed E-state index contributed by atoms with van der Waals surface area (Å²) < 4.78 is 66.1. The molecule has 4 unspecified atom stereocenters. The van der Waals surface area contributed by atoms with Crippen LogP contribution in [0.25, 0.3) is 12.2 Å². The Morgan fingerprint density at radius 3 is 1.32 bits per heavy atom. The topological polar surface area (TPSA) is 143 Å². The fourth-order valence-corrected chi connectivity index (χ4v) is 10.8. The van der Waals surface area contributed by atoms with Gasteiger partial charge in [0.15, 0.2) is 11.6 Å². The maximum Gasteiger partial charge on any atom is 0.265 e. The molecule has 206 valence electrons. The molecule has 0 amide bonds. The van der Waals surface area contributed by atoms with E-state index in [1.54, 1.807) is 12.2 Å². The Morgan fingerprint density at radius 1 is 0.711 bits per heavy atom. The van der Waals surface area contributed by atoms with Crippen molar-refractivity contribution in [3.63, 3.8) is 0 Å². The molecule has 10 heteroatoms. The van der Waals surface area contributed by atoms with Crippen LogP contribution in [0.5, 0.6) is 0 Å². The molecule has 4 bridgehead atoms. The third-order valence-electron chi connectivity index (χ3n) is 10.5. The van der Waals surface area contributed by atoms with Gasteiger partial charge in [-0.05, 0) is 71.6 Å². The number of fused-ring (bicyclic) bond motifs is 4. The molecule has 4 aliphatic rings. The fraction of sp³-hybridized carbons (Fsp3) is 0.571. The monoisotopic (exact) mass is 562 g/mol. The maximum absolute atomic E-state index is 13.4. The van der Waals surface area contributed by atoms with Gasteiger partial charge in [-0.15, -0.1) is 0 Å². The Kier molecular flexibility index (Phi) is 5.91. The zero-order chi connectivity index (χ0) is 28.1. The van der Waals surface area contributed by atoms with E-state index in [1.165, 1.54) is 0 Å². The number of carbonyl (C=O) groups excluding carboxylic acids is 2. The van der Waals surface area contributed by atoms with Gasteiger partial charge in [-0.2, -0.15) is 16.8 Å². The van der Waals surface area contributed by atoms with Gasteiger partial charge in [0.05, 0.1) is 22.3 Å². The van der Waals surface area contributed by atoms with Crippen LogP contribution in [-0.4, -0.2) is 49.0 Å². The summed E-state index contributed by atoms with van der Waals surface area (Å²) in [6.45, 7) is 7.58. The Morgan fingerprint density at radius 2 is 1.03 bits per heavy atom. The maximum atomic E-state index is 13.4. The summed E-state index contributed by atoms with van der Waals surface area (Å²) in [5.41, 5.74) is -0.762. The molecule has 2 N–H and O–H groups in total. The second-order valence-electron chi connectivity index (χ2n) is 12.8. The van der Waals surface area contributed by atoms with Crippen molar-refractivity contribution in [3.8, 4) is 0 Å². The van der Waals surface area contributed by atoms with Gasteiger partial charge in [0.2, 0.25) is 0 Å². The standard InChI is InChI=1S/C28H34O8S2/c1-25(2)21-9-11-27(25,15-37(31,32)33)23(29)19(21)13-17-5-7-18(8-6-17)14-20-22-10-12-28(24(20)30,26(22,3)4)16-38(34,35)36/h5-8,13-14,21-22H,9-12,15-16H2,1-4H3,(H,31,32,33)(H,34,35,36)/b19-13+,20-14?. The van der Waals surface area contributed by atoms with Crippen molar-refractivity contribution >= 4 is 44.0 Å². The van der Waals surface area contributed by atoms with E-state index in [0.717, 1.165) is 11.1 Å². The molecule has 1 aromatic rings. The lowest BCUT2D eigenvalue weighted by Gasteiger charge is -2.34. The van der Waals surface area contributed by atoms with Gasteiger partial charge in [0.1, 0.15) is 0 Å². The lowest BCUT2D eigenvalue weighted by molar-refractivity contribution is -0.125. The van der Waals surface area contributed by atoms with Crippen LogP contribution in [0.4, 0.5) is 0 Å². The number of hydrogen-bond donors (Lipinski definition) is 2. The van der Waals surface area contributed by atoms with Crippen molar-refractivity contribution in [1.82, 2.24) is 0 Å². The average molecular weight is 563 g/mol. The second kappa shape index (κ2) is 8.19. The van der Waals surface area contributed by atoms with E-state index in [2.05, 4.69) is 0 Å². The average Bonchev–Trinajstić information content (AvgIpc) is 3.27. The first-order chi connectivity index (χ1) is 17.3. The van der Waals surface area contributed by atoms with Crippen molar-refractivity contribution < 1.29 is 35.5 Å². The van der Waals surface area contributed by atoms with Crippen molar-refractivity contribution in [2.45, 2.75) is 53.4 Å². The molecule has 4 aliphatic carbocycles. The molecule has 4 atom stereocenters. The van der Waals surface area contributed by atoms with Crippen molar-refractivity contribution in [2.75, 3.05) is 11.5 Å². The number of ketones is 2. The molecule has 5 rings (SSSR count). The third-order valence-corrected chi connectivity index (χ3v) is 12.2. The lowest BCUT2D eigenvalue weighted by atomic mass is 9.70. The first-order valence-corrected chi connectivity index (χ1v) is 16.1. The van der Waals surface area contributed by atoms with Crippen LogP contribution in [0, 0.1) is 33.5 Å². The largest absolute Gasteiger partial charge is 0.294 e. The number of allylic oxidation sites excluding steroid dienone is 2.